The summed E-state index contributed by atoms with van der Waals surface area (Å²) in [6.45, 7) is 3.43. The molecule has 0 aliphatic rings. The summed E-state index contributed by atoms with van der Waals surface area (Å²) in [5.41, 5.74) is 2.50. The van der Waals surface area contributed by atoms with Crippen LogP contribution in [0.3, 0.4) is 0 Å². The van der Waals surface area contributed by atoms with Crippen molar-refractivity contribution in [1.29, 1.82) is 0 Å². The Morgan fingerprint density at radius 1 is 1.50 bits per heavy atom. The maximum absolute atomic E-state index is 11.4. The van der Waals surface area contributed by atoms with Crippen molar-refractivity contribution < 1.29 is 4.79 Å². The van der Waals surface area contributed by atoms with E-state index in [1.807, 2.05) is 19.1 Å². The van der Waals surface area contributed by atoms with E-state index in [1.54, 1.807) is 29.0 Å². The molecule has 0 aliphatic carbocycles. The number of hydrogen-bond acceptors (Lipinski definition) is 3. The molecule has 0 spiro atoms. The molecule has 0 saturated heterocycles. The zero-order valence-electron chi connectivity index (χ0n) is 10.4. The number of amides is 1. The molecule has 0 unspecified atom stereocenters. The largest absolute Gasteiger partial charge is 0.312 e. The highest BCUT2D eigenvalue weighted by Gasteiger charge is 2.15. The molecular weight excluding hydrogens is 296 g/mol. The fourth-order valence-electron chi connectivity index (χ4n) is 1.58. The first kappa shape index (κ1) is 12.8. The molecule has 18 heavy (non-hydrogen) atoms. The van der Waals surface area contributed by atoms with Gasteiger partial charge in [0.25, 0.3) is 0 Å². The molecule has 1 amide bonds. The van der Waals surface area contributed by atoms with Crippen molar-refractivity contribution in [2.75, 3.05) is 11.9 Å². The van der Waals surface area contributed by atoms with Crippen LogP contribution >= 0.6 is 15.9 Å². The number of pyridine rings is 1. The van der Waals surface area contributed by atoms with Gasteiger partial charge in [-0.15, -0.1) is 0 Å². The smallest absolute Gasteiger partial charge is 0.223 e. The predicted octanol–water partition coefficient (Wildman–Crippen LogP) is 2.32. The van der Waals surface area contributed by atoms with E-state index >= 15 is 0 Å². The molecule has 5 nitrogen and oxygen atoms in total. The molecule has 0 N–H and O–H groups in total. The Morgan fingerprint density at radius 2 is 2.22 bits per heavy atom. The fraction of sp³-hybridized carbons (Fsp3) is 0.250. The Hall–Kier alpha value is -1.69. The number of carbonyl (C=O) groups is 1. The average molecular weight is 309 g/mol. The third-order valence-corrected chi connectivity index (χ3v) is 3.28. The Kier molecular flexibility index (Phi) is 3.47. The molecular formula is C12H13BrN4O. The molecule has 2 aromatic rings. The van der Waals surface area contributed by atoms with Gasteiger partial charge in [-0.3, -0.25) is 9.78 Å². The standard InChI is InChI=1S/C12H13BrN4O/c1-8-10(5-4-6-14-8)17-7-11(12(13)15-17)16(3)9(2)18/h4-7H,1-3H3. The summed E-state index contributed by atoms with van der Waals surface area (Å²) in [4.78, 5) is 17.1. The molecule has 2 aromatic heterocycles. The zero-order chi connectivity index (χ0) is 13.3. The van der Waals surface area contributed by atoms with Crippen LogP contribution in [0.25, 0.3) is 5.69 Å². The molecule has 0 aliphatic heterocycles. The van der Waals surface area contributed by atoms with E-state index in [-0.39, 0.29) is 5.91 Å². The van der Waals surface area contributed by atoms with Crippen molar-refractivity contribution in [3.63, 3.8) is 0 Å². The van der Waals surface area contributed by atoms with Gasteiger partial charge in [0.15, 0.2) is 4.60 Å². The maximum atomic E-state index is 11.4. The quantitative estimate of drug-likeness (QED) is 0.855. The molecule has 0 radical (unpaired) electrons. The number of aromatic nitrogens is 3. The van der Waals surface area contributed by atoms with Gasteiger partial charge in [-0.2, -0.15) is 5.10 Å². The second-order valence-corrected chi connectivity index (χ2v) is 4.69. The Bertz CT molecular complexity index is 594. The fourth-order valence-corrected chi connectivity index (χ4v) is 2.12. The highest BCUT2D eigenvalue weighted by Crippen LogP contribution is 2.26. The van der Waals surface area contributed by atoms with Crippen LogP contribution in [0, 0.1) is 6.92 Å². The van der Waals surface area contributed by atoms with Gasteiger partial charge in [0.2, 0.25) is 5.91 Å². The SMILES string of the molecule is CC(=O)N(C)c1cn(-c2cccnc2C)nc1Br. The Labute approximate surface area is 114 Å². The molecule has 0 bridgehead atoms. The minimum Gasteiger partial charge on any atom is -0.312 e. The lowest BCUT2D eigenvalue weighted by molar-refractivity contribution is -0.116. The third-order valence-electron chi connectivity index (χ3n) is 2.71. The van der Waals surface area contributed by atoms with Gasteiger partial charge in [0.1, 0.15) is 0 Å². The summed E-state index contributed by atoms with van der Waals surface area (Å²) < 4.78 is 2.34. The van der Waals surface area contributed by atoms with E-state index in [0.717, 1.165) is 17.1 Å². The van der Waals surface area contributed by atoms with Crippen molar-refractivity contribution >= 4 is 27.5 Å². The summed E-state index contributed by atoms with van der Waals surface area (Å²) in [5.74, 6) is -0.0434. The zero-order valence-corrected chi connectivity index (χ0v) is 12.0. The molecule has 2 heterocycles. The third kappa shape index (κ3) is 2.28. The van der Waals surface area contributed by atoms with E-state index in [4.69, 9.17) is 0 Å². The van der Waals surface area contributed by atoms with Crippen molar-refractivity contribution in [1.82, 2.24) is 14.8 Å². The Morgan fingerprint density at radius 3 is 2.83 bits per heavy atom. The highest BCUT2D eigenvalue weighted by molar-refractivity contribution is 9.10. The van der Waals surface area contributed by atoms with Gasteiger partial charge in [0, 0.05) is 20.2 Å². The number of nitrogens with zero attached hydrogens (tertiary/aromatic N) is 4. The second-order valence-electron chi connectivity index (χ2n) is 3.94. The number of rotatable bonds is 2. The summed E-state index contributed by atoms with van der Waals surface area (Å²) in [6.07, 6.45) is 3.54. The number of carbonyl (C=O) groups excluding carboxylic acids is 1. The molecule has 2 rings (SSSR count). The lowest BCUT2D eigenvalue weighted by Crippen LogP contribution is -2.22. The molecule has 6 heteroatoms. The van der Waals surface area contributed by atoms with Crippen LogP contribution in [0.5, 0.6) is 0 Å². The normalized spacial score (nSPS) is 10.4. The minimum atomic E-state index is -0.0434. The predicted molar refractivity (Wildman–Crippen MR) is 72.9 cm³/mol. The highest BCUT2D eigenvalue weighted by atomic mass is 79.9. The van der Waals surface area contributed by atoms with Gasteiger partial charge in [-0.05, 0) is 35.0 Å². The topological polar surface area (TPSA) is 51.0 Å². The lowest BCUT2D eigenvalue weighted by Gasteiger charge is -2.12. The number of halogens is 1. The first-order valence-electron chi connectivity index (χ1n) is 5.42. The molecule has 0 aromatic carbocycles. The van der Waals surface area contributed by atoms with Crippen LogP contribution < -0.4 is 4.90 Å². The maximum Gasteiger partial charge on any atom is 0.223 e. The van der Waals surface area contributed by atoms with Crippen LogP contribution in [0.4, 0.5) is 5.69 Å². The van der Waals surface area contributed by atoms with Crippen LogP contribution in [-0.4, -0.2) is 27.7 Å². The van der Waals surface area contributed by atoms with Crippen molar-refractivity contribution in [2.45, 2.75) is 13.8 Å². The first-order chi connectivity index (χ1) is 8.50. The monoisotopic (exact) mass is 308 g/mol. The van der Waals surface area contributed by atoms with E-state index in [9.17, 15) is 4.79 Å². The van der Waals surface area contributed by atoms with Crippen molar-refractivity contribution in [3.8, 4) is 5.69 Å². The van der Waals surface area contributed by atoms with Gasteiger partial charge in [-0.25, -0.2) is 4.68 Å². The second kappa shape index (κ2) is 4.89. The first-order valence-corrected chi connectivity index (χ1v) is 6.21. The average Bonchev–Trinajstić information content (AvgIpc) is 2.70. The van der Waals surface area contributed by atoms with E-state index in [2.05, 4.69) is 26.0 Å². The van der Waals surface area contributed by atoms with Crippen LogP contribution in [0.2, 0.25) is 0 Å². The van der Waals surface area contributed by atoms with Crippen LogP contribution in [-0.2, 0) is 4.79 Å². The molecule has 0 saturated carbocycles. The van der Waals surface area contributed by atoms with Crippen molar-refractivity contribution in [2.24, 2.45) is 0 Å². The minimum absolute atomic E-state index is 0.0434. The lowest BCUT2D eigenvalue weighted by atomic mass is 10.3. The number of aryl methyl sites for hydroxylation is 1. The number of anilines is 1. The van der Waals surface area contributed by atoms with E-state index in [1.165, 1.54) is 6.92 Å². The van der Waals surface area contributed by atoms with E-state index < -0.39 is 0 Å². The summed E-state index contributed by atoms with van der Waals surface area (Å²) >= 11 is 3.36. The van der Waals surface area contributed by atoms with Gasteiger partial charge < -0.3 is 4.90 Å². The van der Waals surface area contributed by atoms with Crippen molar-refractivity contribution in [3.05, 3.63) is 34.8 Å². The molecule has 0 atom stereocenters. The van der Waals surface area contributed by atoms with Gasteiger partial charge >= 0.3 is 0 Å². The summed E-state index contributed by atoms with van der Waals surface area (Å²) in [6, 6.07) is 3.78. The van der Waals surface area contributed by atoms with Crippen LogP contribution in [0.15, 0.2) is 29.1 Å². The van der Waals surface area contributed by atoms with Gasteiger partial charge in [-0.1, -0.05) is 0 Å². The molecule has 0 fully saturated rings. The summed E-state index contributed by atoms with van der Waals surface area (Å²) in [5, 5.41) is 4.34. The Balaban J connectivity index is 2.47. The van der Waals surface area contributed by atoms with Gasteiger partial charge in [0.05, 0.1) is 23.3 Å². The number of hydrogen-bond donors (Lipinski definition) is 0. The van der Waals surface area contributed by atoms with Crippen LogP contribution in [0.1, 0.15) is 12.6 Å². The summed E-state index contributed by atoms with van der Waals surface area (Å²) in [7, 11) is 1.71. The molecule has 94 valence electrons. The van der Waals surface area contributed by atoms with E-state index in [0.29, 0.717) is 4.60 Å².